The number of carbonyl (C=O) groups is 1. The predicted molar refractivity (Wildman–Crippen MR) is 71.8 cm³/mol. The first-order valence-corrected chi connectivity index (χ1v) is 6.28. The molecule has 4 atom stereocenters. The zero-order valence-electron chi connectivity index (χ0n) is 11.5. The molecular formula is C12H24N2O6. The molecule has 0 unspecified atom stereocenters. The first-order chi connectivity index (χ1) is 9.31. The van der Waals surface area contributed by atoms with Crippen LogP contribution in [0.15, 0.2) is 12.2 Å². The summed E-state index contributed by atoms with van der Waals surface area (Å²) in [7, 11) is 0. The lowest BCUT2D eigenvalue weighted by molar-refractivity contribution is -0.117. The van der Waals surface area contributed by atoms with Crippen molar-refractivity contribution in [2.75, 3.05) is 26.2 Å². The van der Waals surface area contributed by atoms with E-state index in [1.54, 1.807) is 6.92 Å². The van der Waals surface area contributed by atoms with Gasteiger partial charge in [-0.15, -0.1) is 0 Å². The number of aliphatic hydroxyl groups excluding tert-OH is 5. The molecule has 0 aromatic carbocycles. The fraction of sp³-hybridized carbons (Fsp3) is 0.750. The standard InChI is InChI=1S/C12H24N2O6/c1-7(2)12(20)14-4-3-13-5-8(16)10(18)11(19)9(17)6-15/h8-11,13,15-19H,1,3-6H2,2H3,(H,14,20)/t8-,9+,10+,11+/m0/s1. The molecular weight excluding hydrogens is 268 g/mol. The molecule has 0 spiro atoms. The van der Waals surface area contributed by atoms with Gasteiger partial charge in [0, 0.05) is 25.2 Å². The van der Waals surface area contributed by atoms with Gasteiger partial charge in [0.2, 0.25) is 5.91 Å². The van der Waals surface area contributed by atoms with Crippen molar-refractivity contribution >= 4 is 5.91 Å². The third-order valence-electron chi connectivity index (χ3n) is 2.65. The highest BCUT2D eigenvalue weighted by atomic mass is 16.4. The van der Waals surface area contributed by atoms with Crippen molar-refractivity contribution in [2.24, 2.45) is 0 Å². The second-order valence-corrected chi connectivity index (χ2v) is 4.54. The number of aliphatic hydroxyl groups is 5. The lowest BCUT2D eigenvalue weighted by atomic mass is 10.0. The Labute approximate surface area is 117 Å². The Morgan fingerprint density at radius 3 is 2.15 bits per heavy atom. The van der Waals surface area contributed by atoms with Crippen LogP contribution in [-0.2, 0) is 4.79 Å². The molecule has 7 N–H and O–H groups in total. The Kier molecular flexibility index (Phi) is 9.30. The minimum Gasteiger partial charge on any atom is -0.394 e. The van der Waals surface area contributed by atoms with Crippen molar-refractivity contribution in [3.8, 4) is 0 Å². The van der Waals surface area contributed by atoms with Gasteiger partial charge in [-0.1, -0.05) is 6.58 Å². The van der Waals surface area contributed by atoms with Gasteiger partial charge in [-0.2, -0.15) is 0 Å². The smallest absolute Gasteiger partial charge is 0.246 e. The van der Waals surface area contributed by atoms with Crippen LogP contribution in [0, 0.1) is 0 Å². The Balaban J connectivity index is 3.85. The first kappa shape index (κ1) is 19.0. The molecule has 0 heterocycles. The molecule has 0 aliphatic rings. The van der Waals surface area contributed by atoms with Crippen LogP contribution in [-0.4, -0.2) is 82.1 Å². The van der Waals surface area contributed by atoms with Crippen LogP contribution in [0.3, 0.4) is 0 Å². The highest BCUT2D eigenvalue weighted by Crippen LogP contribution is 2.04. The maximum Gasteiger partial charge on any atom is 0.246 e. The number of rotatable bonds is 10. The number of nitrogens with one attached hydrogen (secondary N) is 2. The molecule has 0 saturated carbocycles. The lowest BCUT2D eigenvalue weighted by Crippen LogP contribution is -2.49. The molecule has 0 radical (unpaired) electrons. The van der Waals surface area contributed by atoms with Gasteiger partial charge in [0.25, 0.3) is 0 Å². The average molecular weight is 292 g/mol. The molecule has 8 heteroatoms. The zero-order chi connectivity index (χ0) is 15.7. The van der Waals surface area contributed by atoms with Gasteiger partial charge in [-0.3, -0.25) is 4.79 Å². The Hall–Kier alpha value is -1.03. The molecule has 0 aromatic rings. The number of hydrogen-bond acceptors (Lipinski definition) is 7. The van der Waals surface area contributed by atoms with Gasteiger partial charge in [-0.05, 0) is 6.92 Å². The third kappa shape index (κ3) is 6.94. The summed E-state index contributed by atoms with van der Waals surface area (Å²) >= 11 is 0. The van der Waals surface area contributed by atoms with E-state index in [-0.39, 0.29) is 12.5 Å². The van der Waals surface area contributed by atoms with E-state index in [4.69, 9.17) is 10.2 Å². The van der Waals surface area contributed by atoms with E-state index in [0.29, 0.717) is 18.7 Å². The van der Waals surface area contributed by atoms with E-state index < -0.39 is 31.0 Å². The number of carbonyl (C=O) groups excluding carboxylic acids is 1. The molecule has 0 aliphatic heterocycles. The van der Waals surface area contributed by atoms with Gasteiger partial charge >= 0.3 is 0 Å². The molecule has 0 aliphatic carbocycles. The van der Waals surface area contributed by atoms with E-state index in [9.17, 15) is 20.1 Å². The molecule has 0 bridgehead atoms. The van der Waals surface area contributed by atoms with Crippen LogP contribution in [0.25, 0.3) is 0 Å². The maximum absolute atomic E-state index is 11.1. The minimum absolute atomic E-state index is 0.0423. The summed E-state index contributed by atoms with van der Waals surface area (Å²) in [4.78, 5) is 11.1. The Morgan fingerprint density at radius 1 is 1.10 bits per heavy atom. The van der Waals surface area contributed by atoms with Crippen LogP contribution in [0.4, 0.5) is 0 Å². The van der Waals surface area contributed by atoms with E-state index >= 15 is 0 Å². The van der Waals surface area contributed by atoms with Crippen molar-refractivity contribution in [1.82, 2.24) is 10.6 Å². The molecule has 0 aromatic heterocycles. The zero-order valence-corrected chi connectivity index (χ0v) is 11.5. The summed E-state index contributed by atoms with van der Waals surface area (Å²) in [6.45, 7) is 4.96. The van der Waals surface area contributed by atoms with Crippen molar-refractivity contribution in [3.05, 3.63) is 12.2 Å². The van der Waals surface area contributed by atoms with Crippen molar-refractivity contribution < 1.29 is 30.3 Å². The predicted octanol–water partition coefficient (Wildman–Crippen LogP) is -3.30. The fourth-order valence-corrected chi connectivity index (χ4v) is 1.35. The average Bonchev–Trinajstić information content (AvgIpc) is 2.43. The SMILES string of the molecule is C=C(C)C(=O)NCCNC[C@H](O)[C@@H](O)[C@H](O)[C@H](O)CO. The molecule has 1 amide bonds. The van der Waals surface area contributed by atoms with Gasteiger partial charge in [0.05, 0.1) is 12.7 Å². The molecule has 0 rings (SSSR count). The Bertz CT molecular complexity index is 312. The van der Waals surface area contributed by atoms with E-state index in [2.05, 4.69) is 17.2 Å². The summed E-state index contributed by atoms with van der Waals surface area (Å²) in [6.07, 6.45) is -6.06. The normalized spacial score (nSPS) is 17.1. The second kappa shape index (κ2) is 9.81. The van der Waals surface area contributed by atoms with Gasteiger partial charge in [0.15, 0.2) is 0 Å². The van der Waals surface area contributed by atoms with Crippen molar-refractivity contribution in [1.29, 1.82) is 0 Å². The lowest BCUT2D eigenvalue weighted by Gasteiger charge is -2.25. The first-order valence-electron chi connectivity index (χ1n) is 6.28. The third-order valence-corrected chi connectivity index (χ3v) is 2.65. The topological polar surface area (TPSA) is 142 Å². The van der Waals surface area contributed by atoms with Crippen LogP contribution in [0.2, 0.25) is 0 Å². The number of hydrogen-bond donors (Lipinski definition) is 7. The van der Waals surface area contributed by atoms with Gasteiger partial charge in [-0.25, -0.2) is 0 Å². The van der Waals surface area contributed by atoms with Gasteiger partial charge < -0.3 is 36.2 Å². The molecule has 20 heavy (non-hydrogen) atoms. The van der Waals surface area contributed by atoms with Crippen molar-refractivity contribution in [2.45, 2.75) is 31.3 Å². The molecule has 0 fully saturated rings. The quantitative estimate of drug-likeness (QED) is 0.165. The summed E-state index contributed by atoms with van der Waals surface area (Å²) in [5, 5.41) is 51.5. The summed E-state index contributed by atoms with van der Waals surface area (Å²) < 4.78 is 0. The summed E-state index contributed by atoms with van der Waals surface area (Å²) in [5.74, 6) is -0.270. The largest absolute Gasteiger partial charge is 0.394 e. The van der Waals surface area contributed by atoms with Crippen LogP contribution >= 0.6 is 0 Å². The molecule has 118 valence electrons. The number of amides is 1. The van der Waals surface area contributed by atoms with Gasteiger partial charge in [0.1, 0.15) is 18.3 Å². The van der Waals surface area contributed by atoms with Crippen LogP contribution in [0.5, 0.6) is 0 Å². The minimum atomic E-state index is -1.64. The van der Waals surface area contributed by atoms with Crippen molar-refractivity contribution in [3.63, 3.8) is 0 Å². The second-order valence-electron chi connectivity index (χ2n) is 4.54. The molecule has 8 nitrogen and oxygen atoms in total. The molecule has 0 saturated heterocycles. The monoisotopic (exact) mass is 292 g/mol. The van der Waals surface area contributed by atoms with E-state index in [1.807, 2.05) is 0 Å². The van der Waals surface area contributed by atoms with Crippen LogP contribution in [0.1, 0.15) is 6.92 Å². The Morgan fingerprint density at radius 2 is 1.65 bits per heavy atom. The summed E-state index contributed by atoms with van der Waals surface area (Å²) in [5.41, 5.74) is 0.390. The summed E-state index contributed by atoms with van der Waals surface area (Å²) in [6, 6.07) is 0. The highest BCUT2D eigenvalue weighted by Gasteiger charge is 2.29. The van der Waals surface area contributed by atoms with E-state index in [1.165, 1.54) is 0 Å². The van der Waals surface area contributed by atoms with Crippen LogP contribution < -0.4 is 10.6 Å². The highest BCUT2D eigenvalue weighted by molar-refractivity contribution is 5.92. The van der Waals surface area contributed by atoms with E-state index in [0.717, 1.165) is 0 Å². The maximum atomic E-state index is 11.1. The fourth-order valence-electron chi connectivity index (χ4n) is 1.35.